The molecule has 0 unspecified atom stereocenters. The molecule has 17 heavy (non-hydrogen) atoms. The van der Waals surface area contributed by atoms with Crippen LogP contribution in [0.25, 0.3) is 0 Å². The van der Waals surface area contributed by atoms with Gasteiger partial charge in [0.2, 0.25) is 5.91 Å². The van der Waals surface area contributed by atoms with Gasteiger partial charge in [-0.05, 0) is 30.9 Å². The zero-order valence-electron chi connectivity index (χ0n) is 9.82. The molecule has 0 aliphatic carbocycles. The van der Waals surface area contributed by atoms with Crippen LogP contribution < -0.4 is 5.32 Å². The minimum absolute atomic E-state index is 0.0306. The van der Waals surface area contributed by atoms with Crippen LogP contribution in [0.2, 0.25) is 0 Å². The summed E-state index contributed by atoms with van der Waals surface area (Å²) in [5.41, 5.74) is 2.09. The lowest BCUT2D eigenvalue weighted by Crippen LogP contribution is -2.24. The molecular formula is C12H14N2OS2. The van der Waals surface area contributed by atoms with Crippen LogP contribution in [0, 0.1) is 13.8 Å². The number of carbonyl (C=O) groups is 1. The third-order valence-corrected chi connectivity index (χ3v) is 4.27. The first-order chi connectivity index (χ1) is 8.15. The number of carbonyl (C=O) groups excluding carboxylic acids is 1. The van der Waals surface area contributed by atoms with Gasteiger partial charge in [0.05, 0.1) is 23.7 Å². The van der Waals surface area contributed by atoms with Crippen molar-refractivity contribution in [2.75, 3.05) is 0 Å². The molecule has 1 N–H and O–H groups in total. The minimum Gasteiger partial charge on any atom is -0.351 e. The fraction of sp³-hybridized carbons (Fsp3) is 0.333. The summed E-state index contributed by atoms with van der Waals surface area (Å²) in [6.07, 6.45) is 0.370. The second kappa shape index (κ2) is 5.42. The number of rotatable bonds is 4. The molecule has 2 rings (SSSR count). The van der Waals surface area contributed by atoms with Crippen molar-refractivity contribution in [3.05, 3.63) is 38.0 Å². The zero-order valence-corrected chi connectivity index (χ0v) is 11.5. The number of nitrogens with one attached hydrogen (secondary N) is 1. The van der Waals surface area contributed by atoms with E-state index in [4.69, 9.17) is 0 Å². The van der Waals surface area contributed by atoms with E-state index in [1.54, 1.807) is 22.7 Å². The van der Waals surface area contributed by atoms with E-state index in [1.165, 1.54) is 10.4 Å². The predicted octanol–water partition coefficient (Wildman–Crippen LogP) is 2.68. The predicted molar refractivity (Wildman–Crippen MR) is 71.5 cm³/mol. The number of aromatic nitrogens is 1. The maximum Gasteiger partial charge on any atom is 0.226 e. The van der Waals surface area contributed by atoms with Gasteiger partial charge in [0.25, 0.3) is 0 Å². The van der Waals surface area contributed by atoms with Crippen LogP contribution in [-0.2, 0) is 17.8 Å². The summed E-state index contributed by atoms with van der Waals surface area (Å²) in [5, 5.41) is 7.90. The molecule has 0 spiro atoms. The van der Waals surface area contributed by atoms with Crippen LogP contribution >= 0.6 is 22.7 Å². The Bertz CT molecular complexity index is 516. The molecular weight excluding hydrogens is 252 g/mol. The van der Waals surface area contributed by atoms with Crippen LogP contribution in [0.1, 0.15) is 21.1 Å². The number of amides is 1. The van der Waals surface area contributed by atoms with Crippen LogP contribution in [-0.4, -0.2) is 10.9 Å². The average molecular weight is 266 g/mol. The van der Waals surface area contributed by atoms with Crippen molar-refractivity contribution in [3.63, 3.8) is 0 Å². The van der Waals surface area contributed by atoms with Crippen molar-refractivity contribution >= 4 is 28.6 Å². The molecule has 0 aliphatic heterocycles. The second-order valence-electron chi connectivity index (χ2n) is 3.84. The molecule has 2 heterocycles. The molecule has 0 atom stereocenters. The number of hydrogen-bond acceptors (Lipinski definition) is 4. The van der Waals surface area contributed by atoms with E-state index in [2.05, 4.69) is 23.3 Å². The minimum atomic E-state index is 0.0306. The first-order valence-electron chi connectivity index (χ1n) is 5.36. The molecule has 0 aliphatic rings. The smallest absolute Gasteiger partial charge is 0.226 e. The maximum absolute atomic E-state index is 11.7. The normalized spacial score (nSPS) is 10.5. The first-order valence-corrected chi connectivity index (χ1v) is 7.12. The van der Waals surface area contributed by atoms with Crippen molar-refractivity contribution in [2.24, 2.45) is 0 Å². The highest BCUT2D eigenvalue weighted by molar-refractivity contribution is 7.10. The highest BCUT2D eigenvalue weighted by Gasteiger charge is 2.07. The lowest BCUT2D eigenvalue weighted by Gasteiger charge is -2.03. The van der Waals surface area contributed by atoms with Gasteiger partial charge in [0.1, 0.15) is 0 Å². The van der Waals surface area contributed by atoms with Gasteiger partial charge in [0.15, 0.2) is 0 Å². The van der Waals surface area contributed by atoms with Gasteiger partial charge in [-0.15, -0.1) is 22.7 Å². The standard InChI is InChI=1S/C12H14N2OS2/c1-8-3-4-16-11(8)6-13-12(15)5-10-7-17-9(2)14-10/h3-4,7H,5-6H2,1-2H3,(H,13,15). The molecule has 2 aromatic rings. The molecule has 0 saturated carbocycles. The summed E-state index contributed by atoms with van der Waals surface area (Å²) in [4.78, 5) is 17.2. The Morgan fingerprint density at radius 2 is 2.24 bits per heavy atom. The SMILES string of the molecule is Cc1nc(CC(=O)NCc2sccc2C)cs1. The van der Waals surface area contributed by atoms with E-state index in [1.807, 2.05) is 17.7 Å². The average Bonchev–Trinajstić information content (AvgIpc) is 2.85. The summed E-state index contributed by atoms with van der Waals surface area (Å²) < 4.78 is 0. The van der Waals surface area contributed by atoms with Crippen LogP contribution in [0.3, 0.4) is 0 Å². The fourth-order valence-electron chi connectivity index (χ4n) is 1.48. The van der Waals surface area contributed by atoms with Crippen molar-refractivity contribution in [2.45, 2.75) is 26.8 Å². The number of thiazole rings is 1. The molecule has 0 saturated heterocycles. The van der Waals surface area contributed by atoms with E-state index in [0.717, 1.165) is 10.7 Å². The Kier molecular flexibility index (Phi) is 3.91. The summed E-state index contributed by atoms with van der Waals surface area (Å²) in [5.74, 6) is 0.0306. The molecule has 5 heteroatoms. The molecule has 1 amide bonds. The van der Waals surface area contributed by atoms with Gasteiger partial charge in [0, 0.05) is 10.3 Å². The third-order valence-electron chi connectivity index (χ3n) is 2.42. The quantitative estimate of drug-likeness (QED) is 0.924. The van der Waals surface area contributed by atoms with Crippen molar-refractivity contribution in [3.8, 4) is 0 Å². The lowest BCUT2D eigenvalue weighted by molar-refractivity contribution is -0.120. The Morgan fingerprint density at radius 1 is 1.41 bits per heavy atom. The highest BCUT2D eigenvalue weighted by Crippen LogP contribution is 2.15. The van der Waals surface area contributed by atoms with Crippen LogP contribution in [0.15, 0.2) is 16.8 Å². The van der Waals surface area contributed by atoms with Gasteiger partial charge in [-0.25, -0.2) is 4.98 Å². The molecule has 0 fully saturated rings. The van der Waals surface area contributed by atoms with Gasteiger partial charge in [-0.2, -0.15) is 0 Å². The first kappa shape index (κ1) is 12.3. The van der Waals surface area contributed by atoms with Gasteiger partial charge >= 0.3 is 0 Å². The zero-order chi connectivity index (χ0) is 12.3. The van der Waals surface area contributed by atoms with Crippen molar-refractivity contribution in [1.82, 2.24) is 10.3 Å². The Labute approximate surface area is 109 Å². The second-order valence-corrected chi connectivity index (χ2v) is 5.90. The van der Waals surface area contributed by atoms with E-state index >= 15 is 0 Å². The topological polar surface area (TPSA) is 42.0 Å². The molecule has 0 bridgehead atoms. The Balaban J connectivity index is 1.84. The summed E-state index contributed by atoms with van der Waals surface area (Å²) in [6, 6.07) is 2.07. The van der Waals surface area contributed by atoms with Gasteiger partial charge < -0.3 is 5.32 Å². The number of hydrogen-bond donors (Lipinski definition) is 1. The third kappa shape index (κ3) is 3.38. The summed E-state index contributed by atoms with van der Waals surface area (Å²) in [7, 11) is 0. The summed E-state index contributed by atoms with van der Waals surface area (Å²) in [6.45, 7) is 4.62. The van der Waals surface area contributed by atoms with E-state index in [9.17, 15) is 4.79 Å². The van der Waals surface area contributed by atoms with Gasteiger partial charge in [-0.1, -0.05) is 0 Å². The monoisotopic (exact) mass is 266 g/mol. The van der Waals surface area contributed by atoms with E-state index < -0.39 is 0 Å². The van der Waals surface area contributed by atoms with Crippen LogP contribution in [0.4, 0.5) is 0 Å². The van der Waals surface area contributed by atoms with Crippen molar-refractivity contribution in [1.29, 1.82) is 0 Å². The Hall–Kier alpha value is -1.20. The number of aryl methyl sites for hydroxylation is 2. The summed E-state index contributed by atoms with van der Waals surface area (Å²) >= 11 is 3.25. The van der Waals surface area contributed by atoms with E-state index in [-0.39, 0.29) is 5.91 Å². The maximum atomic E-state index is 11.7. The highest BCUT2D eigenvalue weighted by atomic mass is 32.1. The molecule has 0 aromatic carbocycles. The number of nitrogens with zero attached hydrogens (tertiary/aromatic N) is 1. The fourth-order valence-corrected chi connectivity index (χ4v) is 2.94. The lowest BCUT2D eigenvalue weighted by atomic mass is 10.3. The van der Waals surface area contributed by atoms with Crippen LogP contribution in [0.5, 0.6) is 0 Å². The van der Waals surface area contributed by atoms with Gasteiger partial charge in [-0.3, -0.25) is 4.79 Å². The molecule has 0 radical (unpaired) electrons. The Morgan fingerprint density at radius 3 is 2.82 bits per heavy atom. The van der Waals surface area contributed by atoms with E-state index in [0.29, 0.717) is 13.0 Å². The molecule has 2 aromatic heterocycles. The largest absolute Gasteiger partial charge is 0.351 e. The number of thiophene rings is 1. The van der Waals surface area contributed by atoms with Crippen molar-refractivity contribution < 1.29 is 4.79 Å². The molecule has 90 valence electrons. The molecule has 3 nitrogen and oxygen atoms in total.